The van der Waals surface area contributed by atoms with E-state index < -0.39 is 0 Å². The van der Waals surface area contributed by atoms with Crippen molar-refractivity contribution in [1.29, 1.82) is 0 Å². The Hall–Kier alpha value is -1.39. The first-order valence-corrected chi connectivity index (χ1v) is 8.33. The summed E-state index contributed by atoms with van der Waals surface area (Å²) in [5.41, 5.74) is 1.09. The quantitative estimate of drug-likeness (QED) is 0.834. The van der Waals surface area contributed by atoms with Gasteiger partial charge in [-0.1, -0.05) is 30.3 Å². The Morgan fingerprint density at radius 1 is 1.27 bits per heavy atom. The highest BCUT2D eigenvalue weighted by Gasteiger charge is 2.57. The predicted molar refractivity (Wildman–Crippen MR) is 84.7 cm³/mol. The molecule has 0 aliphatic carbocycles. The predicted octanol–water partition coefficient (Wildman–Crippen LogP) is 1.72. The van der Waals surface area contributed by atoms with Crippen molar-refractivity contribution in [2.24, 2.45) is 5.41 Å². The zero-order valence-corrected chi connectivity index (χ0v) is 13.2. The lowest BCUT2D eigenvalue weighted by Crippen LogP contribution is -2.40. The van der Waals surface area contributed by atoms with Crippen LogP contribution in [0.4, 0.5) is 0 Å². The van der Waals surface area contributed by atoms with Crippen LogP contribution in [-0.4, -0.2) is 61.6 Å². The van der Waals surface area contributed by atoms with E-state index in [-0.39, 0.29) is 5.41 Å². The standard InChI is InChI=1S/C18H24N2O2/c1-19-9-8-18(17(19)21)13-20(15-7-10-22-12-15)11-16(18)14-5-3-2-4-6-14/h2-6,15-16H,7-13H2,1H3/t15?,16-,18+/m0/s1. The van der Waals surface area contributed by atoms with Crippen molar-refractivity contribution in [2.75, 3.05) is 39.9 Å². The Bertz CT molecular complexity index is 555. The van der Waals surface area contributed by atoms with Crippen molar-refractivity contribution in [3.05, 3.63) is 35.9 Å². The van der Waals surface area contributed by atoms with Gasteiger partial charge in [0.25, 0.3) is 0 Å². The molecule has 0 N–H and O–H groups in total. The molecule has 4 nitrogen and oxygen atoms in total. The van der Waals surface area contributed by atoms with Gasteiger partial charge in [-0.25, -0.2) is 0 Å². The SMILES string of the molecule is CN1CC[C@]2(CN(C3CCOC3)C[C@H]2c2ccccc2)C1=O. The second kappa shape index (κ2) is 5.36. The molecule has 3 aliphatic heterocycles. The highest BCUT2D eigenvalue weighted by Crippen LogP contribution is 2.50. The molecule has 1 amide bonds. The normalized spacial score (nSPS) is 35.9. The van der Waals surface area contributed by atoms with Gasteiger partial charge in [0.2, 0.25) is 5.91 Å². The number of hydrogen-bond donors (Lipinski definition) is 0. The molecule has 1 aromatic rings. The van der Waals surface area contributed by atoms with Gasteiger partial charge in [-0.05, 0) is 18.4 Å². The lowest BCUT2D eigenvalue weighted by atomic mass is 9.73. The van der Waals surface area contributed by atoms with E-state index in [0.29, 0.717) is 17.9 Å². The summed E-state index contributed by atoms with van der Waals surface area (Å²) in [7, 11) is 1.94. The smallest absolute Gasteiger partial charge is 0.230 e. The first kappa shape index (κ1) is 14.2. The van der Waals surface area contributed by atoms with E-state index in [1.807, 2.05) is 11.9 Å². The van der Waals surface area contributed by atoms with Crippen molar-refractivity contribution in [2.45, 2.75) is 24.8 Å². The highest BCUT2D eigenvalue weighted by molar-refractivity contribution is 5.86. The average Bonchev–Trinajstić information content (AvgIpc) is 3.25. The Labute approximate surface area is 132 Å². The maximum Gasteiger partial charge on any atom is 0.230 e. The fraction of sp³-hybridized carbons (Fsp3) is 0.611. The van der Waals surface area contributed by atoms with E-state index >= 15 is 0 Å². The van der Waals surface area contributed by atoms with Crippen LogP contribution in [0.5, 0.6) is 0 Å². The van der Waals surface area contributed by atoms with E-state index in [1.54, 1.807) is 0 Å². The Balaban J connectivity index is 1.68. The molecule has 1 spiro atoms. The summed E-state index contributed by atoms with van der Waals surface area (Å²) >= 11 is 0. The number of likely N-dealkylation sites (tertiary alicyclic amines) is 2. The van der Waals surface area contributed by atoms with Crippen LogP contribution >= 0.6 is 0 Å². The minimum absolute atomic E-state index is 0.224. The maximum absolute atomic E-state index is 12.9. The summed E-state index contributed by atoms with van der Waals surface area (Å²) in [6.45, 7) is 4.44. The van der Waals surface area contributed by atoms with Crippen LogP contribution in [0.15, 0.2) is 30.3 Å². The van der Waals surface area contributed by atoms with Crippen LogP contribution in [0.1, 0.15) is 24.3 Å². The van der Waals surface area contributed by atoms with E-state index in [1.165, 1.54) is 5.56 Å². The second-order valence-corrected chi connectivity index (χ2v) is 7.04. The van der Waals surface area contributed by atoms with Crippen LogP contribution in [0.2, 0.25) is 0 Å². The summed E-state index contributed by atoms with van der Waals surface area (Å²) in [6.07, 6.45) is 2.08. The van der Waals surface area contributed by atoms with Gasteiger partial charge in [0, 0.05) is 45.2 Å². The summed E-state index contributed by atoms with van der Waals surface area (Å²) in [5.74, 6) is 0.648. The molecule has 118 valence electrons. The summed E-state index contributed by atoms with van der Waals surface area (Å²) < 4.78 is 5.57. The number of carbonyl (C=O) groups is 1. The van der Waals surface area contributed by atoms with Crippen molar-refractivity contribution in [3.8, 4) is 0 Å². The molecule has 3 atom stereocenters. The zero-order valence-electron chi connectivity index (χ0n) is 13.2. The van der Waals surface area contributed by atoms with Gasteiger partial charge in [-0.15, -0.1) is 0 Å². The monoisotopic (exact) mass is 300 g/mol. The van der Waals surface area contributed by atoms with Gasteiger partial charge in [-0.2, -0.15) is 0 Å². The molecule has 3 heterocycles. The lowest BCUT2D eigenvalue weighted by Gasteiger charge is -2.29. The van der Waals surface area contributed by atoms with E-state index in [2.05, 4.69) is 35.2 Å². The number of carbonyl (C=O) groups excluding carboxylic acids is 1. The van der Waals surface area contributed by atoms with Crippen LogP contribution in [-0.2, 0) is 9.53 Å². The van der Waals surface area contributed by atoms with Crippen molar-refractivity contribution >= 4 is 5.91 Å². The molecule has 1 unspecified atom stereocenters. The van der Waals surface area contributed by atoms with Gasteiger partial charge in [0.1, 0.15) is 0 Å². The van der Waals surface area contributed by atoms with Crippen molar-refractivity contribution < 1.29 is 9.53 Å². The minimum atomic E-state index is -0.224. The molecule has 4 rings (SSSR count). The number of amides is 1. The third-order valence-corrected chi connectivity index (χ3v) is 5.86. The third kappa shape index (κ3) is 2.09. The van der Waals surface area contributed by atoms with Crippen LogP contribution in [0.3, 0.4) is 0 Å². The van der Waals surface area contributed by atoms with Crippen LogP contribution in [0, 0.1) is 5.41 Å². The first-order chi connectivity index (χ1) is 10.7. The molecular formula is C18H24N2O2. The zero-order chi connectivity index (χ0) is 15.2. The molecule has 4 heteroatoms. The van der Waals surface area contributed by atoms with Gasteiger partial charge in [-0.3, -0.25) is 9.69 Å². The van der Waals surface area contributed by atoms with Crippen molar-refractivity contribution in [3.63, 3.8) is 0 Å². The highest BCUT2D eigenvalue weighted by atomic mass is 16.5. The minimum Gasteiger partial charge on any atom is -0.380 e. The second-order valence-electron chi connectivity index (χ2n) is 7.04. The van der Waals surface area contributed by atoms with Crippen LogP contribution in [0.25, 0.3) is 0 Å². The lowest BCUT2D eigenvalue weighted by molar-refractivity contribution is -0.135. The van der Waals surface area contributed by atoms with Gasteiger partial charge < -0.3 is 9.64 Å². The number of hydrogen-bond acceptors (Lipinski definition) is 3. The molecule has 3 saturated heterocycles. The number of rotatable bonds is 2. The van der Waals surface area contributed by atoms with Crippen molar-refractivity contribution in [1.82, 2.24) is 9.80 Å². The molecule has 22 heavy (non-hydrogen) atoms. The fourth-order valence-electron chi connectivity index (χ4n) is 4.57. The van der Waals surface area contributed by atoms with E-state index in [4.69, 9.17) is 4.74 Å². The Kier molecular flexibility index (Phi) is 3.46. The largest absolute Gasteiger partial charge is 0.380 e. The van der Waals surface area contributed by atoms with E-state index in [9.17, 15) is 4.79 Å². The third-order valence-electron chi connectivity index (χ3n) is 5.86. The van der Waals surface area contributed by atoms with Crippen LogP contribution < -0.4 is 0 Å². The maximum atomic E-state index is 12.9. The molecule has 0 saturated carbocycles. The van der Waals surface area contributed by atoms with Gasteiger partial charge in [0.05, 0.1) is 12.0 Å². The molecule has 0 aromatic heterocycles. The molecule has 3 fully saturated rings. The number of ether oxygens (including phenoxy) is 1. The first-order valence-electron chi connectivity index (χ1n) is 8.33. The molecule has 0 radical (unpaired) electrons. The van der Waals surface area contributed by atoms with Gasteiger partial charge >= 0.3 is 0 Å². The number of benzene rings is 1. The molecule has 1 aromatic carbocycles. The average molecular weight is 300 g/mol. The summed E-state index contributed by atoms with van der Waals surface area (Å²) in [5, 5.41) is 0. The fourth-order valence-corrected chi connectivity index (χ4v) is 4.57. The molecule has 0 bridgehead atoms. The van der Waals surface area contributed by atoms with Gasteiger partial charge in [0.15, 0.2) is 0 Å². The summed E-state index contributed by atoms with van der Waals surface area (Å²) in [6, 6.07) is 11.1. The molecule has 3 aliphatic rings. The van der Waals surface area contributed by atoms with E-state index in [0.717, 1.165) is 45.7 Å². The number of nitrogens with zero attached hydrogens (tertiary/aromatic N) is 2. The summed E-state index contributed by atoms with van der Waals surface area (Å²) in [4.78, 5) is 17.4. The Morgan fingerprint density at radius 2 is 2.09 bits per heavy atom. The Morgan fingerprint density at radius 3 is 2.73 bits per heavy atom. The topological polar surface area (TPSA) is 32.8 Å². The molecular weight excluding hydrogens is 276 g/mol.